The molecule has 5 heteroatoms. The Morgan fingerprint density at radius 1 is 1.28 bits per heavy atom. The van der Waals surface area contributed by atoms with Crippen LogP contribution < -0.4 is 4.90 Å². The number of halogens is 3. The van der Waals surface area contributed by atoms with Gasteiger partial charge in [-0.2, -0.15) is 0 Å². The van der Waals surface area contributed by atoms with Gasteiger partial charge in [-0.05, 0) is 18.2 Å². The highest BCUT2D eigenvalue weighted by Crippen LogP contribution is 2.28. The Balaban J connectivity index is 2.46. The smallest absolute Gasteiger partial charge is 0.146 e. The van der Waals surface area contributed by atoms with Crippen LogP contribution in [-0.4, -0.2) is 12.0 Å². The van der Waals surface area contributed by atoms with Gasteiger partial charge in [0.15, 0.2) is 0 Å². The molecule has 0 unspecified atom stereocenters. The average molecular weight is 269 g/mol. The topological polar surface area (TPSA) is 16.1 Å². The van der Waals surface area contributed by atoms with E-state index in [9.17, 15) is 8.78 Å². The van der Waals surface area contributed by atoms with Gasteiger partial charge in [0, 0.05) is 12.6 Å². The maximum absolute atomic E-state index is 13.7. The van der Waals surface area contributed by atoms with E-state index in [1.54, 1.807) is 30.1 Å². The van der Waals surface area contributed by atoms with Crippen LogP contribution in [0.15, 0.2) is 36.5 Å². The molecule has 2 aromatic rings. The highest BCUT2D eigenvalue weighted by molar-refractivity contribution is 6.17. The van der Waals surface area contributed by atoms with Crippen molar-refractivity contribution in [3.63, 3.8) is 0 Å². The number of benzene rings is 1. The first-order valence-corrected chi connectivity index (χ1v) is 5.85. The molecule has 94 valence electrons. The fraction of sp³-hybridized carbons (Fsp3) is 0.154. The van der Waals surface area contributed by atoms with Crippen molar-refractivity contribution in [2.45, 2.75) is 5.88 Å². The van der Waals surface area contributed by atoms with Crippen LogP contribution in [0, 0.1) is 11.6 Å². The molecule has 0 spiro atoms. The third-order valence-electron chi connectivity index (χ3n) is 2.58. The molecule has 18 heavy (non-hydrogen) atoms. The monoisotopic (exact) mass is 268 g/mol. The minimum atomic E-state index is -0.462. The Hall–Kier alpha value is -1.68. The van der Waals surface area contributed by atoms with E-state index >= 15 is 0 Å². The first-order valence-electron chi connectivity index (χ1n) is 5.32. The summed E-state index contributed by atoms with van der Waals surface area (Å²) in [6, 6.07) is 7.60. The van der Waals surface area contributed by atoms with Gasteiger partial charge in [-0.25, -0.2) is 13.8 Å². The van der Waals surface area contributed by atoms with Crippen molar-refractivity contribution in [2.24, 2.45) is 0 Å². The van der Waals surface area contributed by atoms with Gasteiger partial charge in [0.05, 0.1) is 17.8 Å². The van der Waals surface area contributed by atoms with Crippen LogP contribution in [0.4, 0.5) is 20.3 Å². The van der Waals surface area contributed by atoms with Crippen molar-refractivity contribution in [3.05, 3.63) is 53.7 Å². The molecule has 1 aromatic carbocycles. The van der Waals surface area contributed by atoms with Crippen LogP contribution in [0.25, 0.3) is 0 Å². The molecular formula is C13H11ClF2N2. The van der Waals surface area contributed by atoms with Gasteiger partial charge >= 0.3 is 0 Å². The van der Waals surface area contributed by atoms with Gasteiger partial charge in [0.1, 0.15) is 17.5 Å². The van der Waals surface area contributed by atoms with Gasteiger partial charge in [-0.15, -0.1) is 11.6 Å². The summed E-state index contributed by atoms with van der Waals surface area (Å²) in [5.74, 6) is -0.279. The molecule has 0 radical (unpaired) electrons. The Morgan fingerprint density at radius 3 is 2.67 bits per heavy atom. The van der Waals surface area contributed by atoms with E-state index in [2.05, 4.69) is 4.98 Å². The number of anilines is 2. The van der Waals surface area contributed by atoms with Gasteiger partial charge in [-0.1, -0.05) is 12.1 Å². The summed E-state index contributed by atoms with van der Waals surface area (Å²) in [5.41, 5.74) is 0.880. The highest BCUT2D eigenvalue weighted by Gasteiger charge is 2.14. The zero-order chi connectivity index (χ0) is 13.1. The van der Waals surface area contributed by atoms with Gasteiger partial charge < -0.3 is 4.90 Å². The highest BCUT2D eigenvalue weighted by atomic mass is 35.5. The van der Waals surface area contributed by atoms with Crippen molar-refractivity contribution < 1.29 is 8.78 Å². The lowest BCUT2D eigenvalue weighted by atomic mass is 10.2. The van der Waals surface area contributed by atoms with E-state index in [1.165, 1.54) is 12.1 Å². The number of hydrogen-bond donors (Lipinski definition) is 0. The molecule has 1 aromatic heterocycles. The number of hydrogen-bond acceptors (Lipinski definition) is 2. The van der Waals surface area contributed by atoms with E-state index in [1.807, 2.05) is 0 Å². The molecule has 1 heterocycles. The maximum atomic E-state index is 13.7. The lowest BCUT2D eigenvalue weighted by molar-refractivity contribution is 0.618. The molecule has 0 saturated heterocycles. The molecule has 2 nitrogen and oxygen atoms in total. The molecule has 0 N–H and O–H groups in total. The summed E-state index contributed by atoms with van der Waals surface area (Å²) in [5, 5.41) is 0. The standard InChI is InChI=1S/C13H11ClF2N2/c1-18(12-5-3-2-4-11(12)16)13-9(7-14)6-10(15)8-17-13/h2-6,8H,7H2,1H3. The predicted octanol–water partition coefficient (Wildman–Crippen LogP) is 3.87. The summed E-state index contributed by atoms with van der Waals surface area (Å²) in [7, 11) is 1.66. The first-order chi connectivity index (χ1) is 8.63. The van der Waals surface area contributed by atoms with E-state index in [-0.39, 0.29) is 11.7 Å². The molecule has 0 aliphatic carbocycles. The average Bonchev–Trinajstić information content (AvgIpc) is 2.38. The summed E-state index contributed by atoms with van der Waals surface area (Å²) in [4.78, 5) is 5.51. The molecule has 0 fully saturated rings. The molecule has 0 atom stereocenters. The first kappa shape index (κ1) is 12.8. The van der Waals surface area contributed by atoms with Crippen molar-refractivity contribution >= 4 is 23.1 Å². The Labute approximate surface area is 109 Å². The normalized spacial score (nSPS) is 10.4. The quantitative estimate of drug-likeness (QED) is 0.786. The number of para-hydroxylation sites is 1. The fourth-order valence-corrected chi connectivity index (χ4v) is 1.91. The minimum Gasteiger partial charge on any atom is -0.327 e. The van der Waals surface area contributed by atoms with Crippen LogP contribution in [-0.2, 0) is 5.88 Å². The van der Waals surface area contributed by atoms with Crippen molar-refractivity contribution in [1.82, 2.24) is 4.98 Å². The van der Waals surface area contributed by atoms with Crippen LogP contribution >= 0.6 is 11.6 Å². The minimum absolute atomic E-state index is 0.110. The van der Waals surface area contributed by atoms with Crippen LogP contribution in [0.2, 0.25) is 0 Å². The second-order valence-electron chi connectivity index (χ2n) is 3.78. The second kappa shape index (κ2) is 5.31. The Bertz CT molecular complexity index is 560. The maximum Gasteiger partial charge on any atom is 0.146 e. The second-order valence-corrected chi connectivity index (χ2v) is 4.05. The molecule has 2 rings (SSSR count). The zero-order valence-electron chi connectivity index (χ0n) is 9.70. The molecule has 0 amide bonds. The SMILES string of the molecule is CN(c1ccccc1F)c1ncc(F)cc1CCl. The summed E-state index contributed by atoms with van der Waals surface area (Å²) in [6.45, 7) is 0. The van der Waals surface area contributed by atoms with Crippen molar-refractivity contribution in [1.29, 1.82) is 0 Å². The summed E-state index contributed by atoms with van der Waals surface area (Å²) in [6.07, 6.45) is 1.09. The molecule has 0 aliphatic heterocycles. The number of nitrogens with zero attached hydrogens (tertiary/aromatic N) is 2. The number of rotatable bonds is 3. The summed E-state index contributed by atoms with van der Waals surface area (Å²) >= 11 is 5.75. The molecule has 0 aliphatic rings. The van der Waals surface area contributed by atoms with E-state index in [0.717, 1.165) is 6.20 Å². The van der Waals surface area contributed by atoms with E-state index in [0.29, 0.717) is 17.1 Å². The van der Waals surface area contributed by atoms with Crippen molar-refractivity contribution in [3.8, 4) is 0 Å². The van der Waals surface area contributed by atoms with Gasteiger partial charge in [0.2, 0.25) is 0 Å². The predicted molar refractivity (Wildman–Crippen MR) is 68.2 cm³/mol. The molecular weight excluding hydrogens is 258 g/mol. The molecule has 0 bridgehead atoms. The van der Waals surface area contributed by atoms with Gasteiger partial charge in [-0.3, -0.25) is 0 Å². The van der Waals surface area contributed by atoms with Crippen LogP contribution in [0.5, 0.6) is 0 Å². The lowest BCUT2D eigenvalue weighted by Gasteiger charge is -2.21. The number of pyridine rings is 1. The van der Waals surface area contributed by atoms with Gasteiger partial charge in [0.25, 0.3) is 0 Å². The number of alkyl halides is 1. The Kier molecular flexibility index (Phi) is 3.77. The van der Waals surface area contributed by atoms with Crippen molar-refractivity contribution in [2.75, 3.05) is 11.9 Å². The largest absolute Gasteiger partial charge is 0.327 e. The fourth-order valence-electron chi connectivity index (χ4n) is 1.71. The zero-order valence-corrected chi connectivity index (χ0v) is 10.5. The van der Waals surface area contributed by atoms with Crippen LogP contribution in [0.3, 0.4) is 0 Å². The van der Waals surface area contributed by atoms with Crippen LogP contribution in [0.1, 0.15) is 5.56 Å². The summed E-state index contributed by atoms with van der Waals surface area (Å²) < 4.78 is 26.7. The third kappa shape index (κ3) is 2.43. The lowest BCUT2D eigenvalue weighted by Crippen LogP contribution is -2.14. The third-order valence-corrected chi connectivity index (χ3v) is 2.87. The van der Waals surface area contributed by atoms with E-state index < -0.39 is 5.82 Å². The molecule has 0 saturated carbocycles. The number of aromatic nitrogens is 1. The Morgan fingerprint density at radius 2 is 2.00 bits per heavy atom. The van der Waals surface area contributed by atoms with E-state index in [4.69, 9.17) is 11.6 Å².